The average molecular weight is 389 g/mol. The summed E-state index contributed by atoms with van der Waals surface area (Å²) >= 11 is 11.7. The Balaban J connectivity index is 2.39. The molecule has 0 aliphatic carbocycles. The maximum Gasteiger partial charge on any atom is 0.327 e. The van der Waals surface area contributed by atoms with E-state index >= 15 is 0 Å². The zero-order valence-corrected chi connectivity index (χ0v) is 14.3. The summed E-state index contributed by atoms with van der Waals surface area (Å²) in [7, 11) is 0. The Kier molecular flexibility index (Phi) is 5.58. The zero-order valence-electron chi connectivity index (χ0n) is 11.9. The number of carboxylic acid groups (broad SMARTS) is 1. The number of hydrogen-bond donors (Lipinski definition) is 2. The first-order valence-corrected chi connectivity index (χ1v) is 8.04. The lowest BCUT2D eigenvalue weighted by Crippen LogP contribution is -2.46. The largest absolute Gasteiger partial charge is 0.480 e. The van der Waals surface area contributed by atoms with Crippen LogP contribution in [0.25, 0.3) is 6.08 Å². The molecule has 0 saturated carbocycles. The van der Waals surface area contributed by atoms with Gasteiger partial charge in [0.25, 0.3) is 5.91 Å². The number of carboxylic acids is 1. The van der Waals surface area contributed by atoms with Crippen LogP contribution < -0.4 is 5.73 Å². The van der Waals surface area contributed by atoms with Crippen molar-refractivity contribution < 1.29 is 23.9 Å². The molecule has 1 aliphatic rings. The molecule has 1 heterocycles. The van der Waals surface area contributed by atoms with E-state index in [4.69, 9.17) is 29.6 Å². The quantitative estimate of drug-likeness (QED) is 0.591. The van der Waals surface area contributed by atoms with Gasteiger partial charge in [0, 0.05) is 5.56 Å². The van der Waals surface area contributed by atoms with Crippen LogP contribution in [-0.4, -0.2) is 38.2 Å². The van der Waals surface area contributed by atoms with Gasteiger partial charge in [-0.1, -0.05) is 41.6 Å². The third-order valence-corrected chi connectivity index (χ3v) is 4.75. The van der Waals surface area contributed by atoms with Gasteiger partial charge in [0.15, 0.2) is 0 Å². The summed E-state index contributed by atoms with van der Waals surface area (Å²) in [4.78, 5) is 35.6. The van der Waals surface area contributed by atoms with Crippen molar-refractivity contribution in [3.05, 3.63) is 39.5 Å². The third-order valence-electron chi connectivity index (χ3n) is 3.09. The highest BCUT2D eigenvalue weighted by Crippen LogP contribution is 2.36. The predicted molar refractivity (Wildman–Crippen MR) is 91.7 cm³/mol. The number of aliphatic carboxylic acids is 1. The number of carbonyl (C=O) groups excluding carboxylic acids is 2. The Labute approximate surface area is 150 Å². The Morgan fingerprint density at radius 1 is 1.50 bits per heavy atom. The molecule has 1 aliphatic heterocycles. The van der Waals surface area contributed by atoms with Crippen molar-refractivity contribution in [1.29, 1.82) is 0 Å². The van der Waals surface area contributed by atoms with E-state index in [2.05, 4.69) is 0 Å². The van der Waals surface area contributed by atoms with Gasteiger partial charge in [-0.25, -0.2) is 9.18 Å². The van der Waals surface area contributed by atoms with Crippen LogP contribution in [0.2, 0.25) is 5.02 Å². The minimum atomic E-state index is -1.52. The molecule has 3 N–H and O–H groups in total. The molecule has 0 spiro atoms. The SMILES string of the molecule is NC(=O)CC(C(=O)O)N1C(=O)/C(=C/c2c(F)cccc2Cl)SC1=S. The van der Waals surface area contributed by atoms with Gasteiger partial charge in [-0.2, -0.15) is 0 Å². The Bertz CT molecular complexity index is 764. The highest BCUT2D eigenvalue weighted by atomic mass is 35.5. The van der Waals surface area contributed by atoms with E-state index in [0.717, 1.165) is 16.7 Å². The van der Waals surface area contributed by atoms with Crippen LogP contribution in [0.5, 0.6) is 0 Å². The molecule has 10 heteroatoms. The molecule has 126 valence electrons. The number of primary amides is 1. The number of nitrogens with two attached hydrogens (primary N) is 1. The number of amides is 2. The van der Waals surface area contributed by atoms with Crippen molar-refractivity contribution in [3.8, 4) is 0 Å². The number of halogens is 2. The maximum atomic E-state index is 13.8. The molecule has 1 saturated heterocycles. The molecule has 1 aromatic rings. The Morgan fingerprint density at radius 2 is 2.17 bits per heavy atom. The number of thiocarbonyl (C=S) groups is 1. The fraction of sp³-hybridized carbons (Fsp3) is 0.143. The fourth-order valence-corrected chi connectivity index (χ4v) is 3.56. The van der Waals surface area contributed by atoms with Gasteiger partial charge in [0.05, 0.1) is 16.3 Å². The summed E-state index contributed by atoms with van der Waals surface area (Å²) in [5.41, 5.74) is 5.00. The molecule has 1 unspecified atom stereocenters. The Hall–Kier alpha value is -1.97. The van der Waals surface area contributed by atoms with E-state index in [0.29, 0.717) is 0 Å². The van der Waals surface area contributed by atoms with E-state index in [1.807, 2.05) is 0 Å². The number of thioether (sulfide) groups is 1. The van der Waals surface area contributed by atoms with Crippen molar-refractivity contribution in [2.24, 2.45) is 5.73 Å². The van der Waals surface area contributed by atoms with Crippen molar-refractivity contribution in [2.75, 3.05) is 0 Å². The van der Waals surface area contributed by atoms with Gasteiger partial charge in [-0.15, -0.1) is 0 Å². The molecule has 1 atom stereocenters. The molecule has 1 aromatic carbocycles. The van der Waals surface area contributed by atoms with Gasteiger partial charge in [0.1, 0.15) is 16.2 Å². The maximum absolute atomic E-state index is 13.8. The van der Waals surface area contributed by atoms with Crippen LogP contribution in [-0.2, 0) is 14.4 Å². The summed E-state index contributed by atoms with van der Waals surface area (Å²) in [6.07, 6.45) is 0.607. The number of nitrogens with zero attached hydrogens (tertiary/aromatic N) is 1. The minimum Gasteiger partial charge on any atom is -0.480 e. The highest BCUT2D eigenvalue weighted by molar-refractivity contribution is 8.26. The fourth-order valence-electron chi connectivity index (χ4n) is 2.01. The first-order valence-electron chi connectivity index (χ1n) is 6.44. The van der Waals surface area contributed by atoms with Crippen molar-refractivity contribution in [3.63, 3.8) is 0 Å². The second-order valence-electron chi connectivity index (χ2n) is 4.71. The van der Waals surface area contributed by atoms with Gasteiger partial charge in [-0.3, -0.25) is 14.5 Å². The number of carbonyl (C=O) groups is 3. The standard InChI is InChI=1S/C14H10ClFN2O4S2/c15-7-2-1-3-8(16)6(7)4-10-12(20)18(14(23)24-10)9(13(21)22)5-11(17)19/h1-4,9H,5H2,(H2,17,19)(H,21,22)/b10-4-. The number of benzene rings is 1. The monoisotopic (exact) mass is 388 g/mol. The molecule has 2 rings (SSSR count). The molecule has 0 bridgehead atoms. The zero-order chi connectivity index (χ0) is 18.0. The minimum absolute atomic E-state index is 0.00252. The molecule has 2 amide bonds. The number of hydrogen-bond acceptors (Lipinski definition) is 5. The lowest BCUT2D eigenvalue weighted by molar-refractivity contribution is -0.146. The lowest BCUT2D eigenvalue weighted by Gasteiger charge is -2.21. The van der Waals surface area contributed by atoms with Crippen LogP contribution in [0.15, 0.2) is 23.1 Å². The summed E-state index contributed by atoms with van der Waals surface area (Å²) in [5.74, 6) is -3.70. The van der Waals surface area contributed by atoms with Crippen LogP contribution in [0.4, 0.5) is 4.39 Å². The highest BCUT2D eigenvalue weighted by Gasteiger charge is 2.41. The van der Waals surface area contributed by atoms with Gasteiger partial charge < -0.3 is 10.8 Å². The van der Waals surface area contributed by atoms with E-state index in [-0.39, 0.29) is 19.8 Å². The van der Waals surface area contributed by atoms with Crippen LogP contribution in [0.3, 0.4) is 0 Å². The second kappa shape index (κ2) is 7.29. The molecule has 0 aromatic heterocycles. The van der Waals surface area contributed by atoms with Crippen LogP contribution in [0, 0.1) is 5.82 Å². The molecule has 1 fully saturated rings. The van der Waals surface area contributed by atoms with Crippen LogP contribution in [0.1, 0.15) is 12.0 Å². The van der Waals surface area contributed by atoms with Gasteiger partial charge in [-0.05, 0) is 18.2 Å². The summed E-state index contributed by atoms with van der Waals surface area (Å²) in [6.45, 7) is 0. The van der Waals surface area contributed by atoms with Crippen molar-refractivity contribution >= 4 is 63.8 Å². The van der Waals surface area contributed by atoms with Crippen LogP contribution >= 0.6 is 35.6 Å². The molecular weight excluding hydrogens is 379 g/mol. The third kappa shape index (κ3) is 3.74. The molecule has 6 nitrogen and oxygen atoms in total. The van der Waals surface area contributed by atoms with Gasteiger partial charge in [0.2, 0.25) is 5.91 Å². The first-order chi connectivity index (χ1) is 11.2. The number of rotatable bonds is 5. The summed E-state index contributed by atoms with van der Waals surface area (Å²) in [5, 5.41) is 9.30. The smallest absolute Gasteiger partial charge is 0.327 e. The average Bonchev–Trinajstić information content (AvgIpc) is 2.75. The van der Waals surface area contributed by atoms with Gasteiger partial charge >= 0.3 is 5.97 Å². The predicted octanol–water partition coefficient (Wildman–Crippen LogP) is 2.01. The Morgan fingerprint density at radius 3 is 2.71 bits per heavy atom. The summed E-state index contributed by atoms with van der Waals surface area (Å²) < 4.78 is 13.8. The van der Waals surface area contributed by atoms with E-state index in [9.17, 15) is 23.9 Å². The molecule has 24 heavy (non-hydrogen) atoms. The van der Waals surface area contributed by atoms with E-state index in [1.54, 1.807) is 0 Å². The normalized spacial score (nSPS) is 17.4. The van der Waals surface area contributed by atoms with Crippen molar-refractivity contribution in [2.45, 2.75) is 12.5 Å². The second-order valence-corrected chi connectivity index (χ2v) is 6.79. The van der Waals surface area contributed by atoms with Crippen molar-refractivity contribution in [1.82, 2.24) is 4.90 Å². The molecule has 0 radical (unpaired) electrons. The first kappa shape index (κ1) is 18.4. The topological polar surface area (TPSA) is 101 Å². The van der Waals surface area contributed by atoms with E-state index < -0.39 is 36.1 Å². The van der Waals surface area contributed by atoms with E-state index in [1.165, 1.54) is 24.3 Å². The summed E-state index contributed by atoms with van der Waals surface area (Å²) in [6, 6.07) is 2.51. The molecular formula is C14H10ClFN2O4S2. The lowest BCUT2D eigenvalue weighted by atomic mass is 10.1.